The minimum absolute atomic E-state index is 0.143. The van der Waals surface area contributed by atoms with Gasteiger partial charge in [0.15, 0.2) is 0 Å². The van der Waals surface area contributed by atoms with Crippen LogP contribution in [0.15, 0.2) is 24.5 Å². The maximum Gasteiger partial charge on any atom is 0.339 e. The summed E-state index contributed by atoms with van der Waals surface area (Å²) in [5, 5.41) is 15.4. The van der Waals surface area contributed by atoms with E-state index in [2.05, 4.69) is 15.2 Å². The van der Waals surface area contributed by atoms with E-state index in [9.17, 15) is 4.79 Å². The lowest BCUT2D eigenvalue weighted by Crippen LogP contribution is -2.10. The van der Waals surface area contributed by atoms with Gasteiger partial charge in [0.05, 0.1) is 11.9 Å². The number of carbonyl (C=O) groups is 1. The Kier molecular flexibility index (Phi) is 2.78. The number of aromatic amines is 1. The maximum atomic E-state index is 10.9. The van der Waals surface area contributed by atoms with Crippen LogP contribution >= 0.6 is 0 Å². The van der Waals surface area contributed by atoms with Crippen LogP contribution in [0.2, 0.25) is 0 Å². The molecular formula is C11H12N4O2. The number of H-pyrrole nitrogens is 1. The Hall–Kier alpha value is -2.37. The van der Waals surface area contributed by atoms with Crippen molar-refractivity contribution in [2.75, 3.05) is 19.0 Å². The fraction of sp³-hybridized carbons (Fsp3) is 0.182. The predicted molar refractivity (Wildman–Crippen MR) is 63.1 cm³/mol. The number of nitrogens with zero attached hydrogens (tertiary/aromatic N) is 3. The zero-order valence-corrected chi connectivity index (χ0v) is 9.51. The number of carboxylic acid groups (broad SMARTS) is 1. The molecule has 0 aliphatic heterocycles. The van der Waals surface area contributed by atoms with Gasteiger partial charge in [-0.3, -0.25) is 5.10 Å². The van der Waals surface area contributed by atoms with Gasteiger partial charge < -0.3 is 10.0 Å². The topological polar surface area (TPSA) is 82.1 Å². The summed E-state index contributed by atoms with van der Waals surface area (Å²) < 4.78 is 0. The second-order valence-corrected chi connectivity index (χ2v) is 3.76. The Balaban J connectivity index is 2.40. The van der Waals surface area contributed by atoms with Gasteiger partial charge in [0, 0.05) is 25.9 Å². The number of hydrogen-bond acceptors (Lipinski definition) is 4. The van der Waals surface area contributed by atoms with E-state index >= 15 is 0 Å². The first-order valence-electron chi connectivity index (χ1n) is 5.00. The van der Waals surface area contributed by atoms with E-state index < -0.39 is 5.97 Å². The van der Waals surface area contributed by atoms with E-state index in [4.69, 9.17) is 5.11 Å². The number of aromatic nitrogens is 3. The van der Waals surface area contributed by atoms with Gasteiger partial charge in [-0.1, -0.05) is 0 Å². The van der Waals surface area contributed by atoms with Gasteiger partial charge in [0.25, 0.3) is 0 Å². The molecule has 17 heavy (non-hydrogen) atoms. The molecule has 0 saturated heterocycles. The summed E-state index contributed by atoms with van der Waals surface area (Å²) in [7, 11) is 3.78. The zero-order chi connectivity index (χ0) is 12.4. The molecule has 0 aliphatic carbocycles. The molecule has 0 aromatic carbocycles. The molecule has 0 unspecified atom stereocenters. The Morgan fingerprint density at radius 1 is 1.35 bits per heavy atom. The molecule has 0 spiro atoms. The van der Waals surface area contributed by atoms with Crippen molar-refractivity contribution in [1.29, 1.82) is 0 Å². The third-order valence-electron chi connectivity index (χ3n) is 2.36. The van der Waals surface area contributed by atoms with Crippen molar-refractivity contribution < 1.29 is 9.90 Å². The van der Waals surface area contributed by atoms with Crippen LogP contribution in [0.4, 0.5) is 5.82 Å². The SMILES string of the molecule is CN(C)c1ccc(-c2[nH]ncc2C(=O)O)cn1. The van der Waals surface area contributed by atoms with Gasteiger partial charge in [0.1, 0.15) is 11.4 Å². The molecule has 0 radical (unpaired) electrons. The summed E-state index contributed by atoms with van der Waals surface area (Å²) >= 11 is 0. The van der Waals surface area contributed by atoms with Gasteiger partial charge in [0.2, 0.25) is 0 Å². The Morgan fingerprint density at radius 2 is 2.12 bits per heavy atom. The van der Waals surface area contributed by atoms with Crippen LogP contribution in [-0.4, -0.2) is 40.4 Å². The number of carboxylic acids is 1. The Morgan fingerprint density at radius 3 is 2.65 bits per heavy atom. The van der Waals surface area contributed by atoms with Crippen molar-refractivity contribution in [3.05, 3.63) is 30.1 Å². The molecule has 6 heteroatoms. The third kappa shape index (κ3) is 2.10. The van der Waals surface area contributed by atoms with E-state index in [1.54, 1.807) is 6.20 Å². The summed E-state index contributed by atoms with van der Waals surface area (Å²) in [5.41, 5.74) is 1.31. The molecule has 2 heterocycles. The van der Waals surface area contributed by atoms with Crippen molar-refractivity contribution in [1.82, 2.24) is 15.2 Å². The molecule has 0 fully saturated rings. The monoisotopic (exact) mass is 232 g/mol. The molecule has 6 nitrogen and oxygen atoms in total. The normalized spacial score (nSPS) is 10.2. The summed E-state index contributed by atoms with van der Waals surface area (Å²) in [4.78, 5) is 17.0. The zero-order valence-electron chi connectivity index (χ0n) is 9.51. The van der Waals surface area contributed by atoms with Crippen molar-refractivity contribution in [2.24, 2.45) is 0 Å². The molecule has 2 N–H and O–H groups in total. The first kappa shape index (κ1) is 11.1. The highest BCUT2D eigenvalue weighted by molar-refractivity contribution is 5.94. The first-order chi connectivity index (χ1) is 8.09. The lowest BCUT2D eigenvalue weighted by molar-refractivity contribution is 0.0698. The molecule has 2 aromatic rings. The fourth-order valence-corrected chi connectivity index (χ4v) is 1.47. The number of nitrogens with one attached hydrogen (secondary N) is 1. The fourth-order valence-electron chi connectivity index (χ4n) is 1.47. The minimum atomic E-state index is -1.01. The molecule has 2 aromatic heterocycles. The van der Waals surface area contributed by atoms with Crippen molar-refractivity contribution in [3.63, 3.8) is 0 Å². The largest absolute Gasteiger partial charge is 0.478 e. The summed E-state index contributed by atoms with van der Waals surface area (Å²) in [6.07, 6.45) is 2.91. The molecule has 0 bridgehead atoms. The van der Waals surface area contributed by atoms with Crippen LogP contribution in [-0.2, 0) is 0 Å². The lowest BCUT2D eigenvalue weighted by atomic mass is 10.1. The number of aromatic carboxylic acids is 1. The molecule has 0 saturated carbocycles. The van der Waals surface area contributed by atoms with Crippen molar-refractivity contribution >= 4 is 11.8 Å². The van der Waals surface area contributed by atoms with Crippen LogP contribution in [0.5, 0.6) is 0 Å². The standard InChI is InChI=1S/C11H12N4O2/c1-15(2)9-4-3-7(5-12-9)10-8(11(16)17)6-13-14-10/h3-6H,1-2H3,(H,13,14)(H,16,17). The second-order valence-electron chi connectivity index (χ2n) is 3.76. The quantitative estimate of drug-likeness (QED) is 0.831. The highest BCUT2D eigenvalue weighted by Gasteiger charge is 2.14. The van der Waals surface area contributed by atoms with E-state index in [1.165, 1.54) is 6.20 Å². The van der Waals surface area contributed by atoms with Crippen LogP contribution in [0.1, 0.15) is 10.4 Å². The molecule has 0 aliphatic rings. The first-order valence-corrected chi connectivity index (χ1v) is 5.00. The van der Waals surface area contributed by atoms with Crippen LogP contribution in [0.3, 0.4) is 0 Å². The lowest BCUT2D eigenvalue weighted by Gasteiger charge is -2.10. The molecule has 0 atom stereocenters. The number of anilines is 1. The van der Waals surface area contributed by atoms with Crippen molar-refractivity contribution in [3.8, 4) is 11.3 Å². The maximum absolute atomic E-state index is 10.9. The van der Waals surface area contributed by atoms with Gasteiger partial charge in [-0.15, -0.1) is 0 Å². The Labute approximate surface area is 97.9 Å². The van der Waals surface area contributed by atoms with Crippen molar-refractivity contribution in [2.45, 2.75) is 0 Å². The van der Waals surface area contributed by atoms with Gasteiger partial charge in [-0.2, -0.15) is 5.10 Å². The predicted octanol–water partition coefficient (Wildman–Crippen LogP) is 1.24. The van der Waals surface area contributed by atoms with E-state index in [1.807, 2.05) is 31.1 Å². The summed E-state index contributed by atoms with van der Waals surface area (Å²) in [6, 6.07) is 3.63. The van der Waals surface area contributed by atoms with Crippen LogP contribution in [0.25, 0.3) is 11.3 Å². The Bertz CT molecular complexity index is 531. The third-order valence-corrected chi connectivity index (χ3v) is 2.36. The molecule has 2 rings (SSSR count). The summed E-state index contributed by atoms with van der Waals surface area (Å²) in [5.74, 6) is -0.199. The van der Waals surface area contributed by atoms with Gasteiger partial charge in [-0.25, -0.2) is 9.78 Å². The molecular weight excluding hydrogens is 220 g/mol. The minimum Gasteiger partial charge on any atom is -0.478 e. The van der Waals surface area contributed by atoms with E-state index in [-0.39, 0.29) is 5.56 Å². The smallest absolute Gasteiger partial charge is 0.339 e. The highest BCUT2D eigenvalue weighted by Crippen LogP contribution is 2.21. The van der Waals surface area contributed by atoms with E-state index in [0.717, 1.165) is 5.82 Å². The average molecular weight is 232 g/mol. The number of pyridine rings is 1. The highest BCUT2D eigenvalue weighted by atomic mass is 16.4. The molecule has 88 valence electrons. The summed E-state index contributed by atoms with van der Waals surface area (Å²) in [6.45, 7) is 0. The van der Waals surface area contributed by atoms with Gasteiger partial charge >= 0.3 is 5.97 Å². The van der Waals surface area contributed by atoms with Gasteiger partial charge in [-0.05, 0) is 12.1 Å². The number of rotatable bonds is 3. The number of hydrogen-bond donors (Lipinski definition) is 2. The average Bonchev–Trinajstić information content (AvgIpc) is 2.78. The molecule has 0 amide bonds. The van der Waals surface area contributed by atoms with Crippen LogP contribution < -0.4 is 4.90 Å². The van der Waals surface area contributed by atoms with Crippen LogP contribution in [0, 0.1) is 0 Å². The second kappa shape index (κ2) is 4.25. The van der Waals surface area contributed by atoms with E-state index in [0.29, 0.717) is 11.3 Å².